The Hall–Kier alpha value is -1.07. The third kappa shape index (κ3) is 4.21. The first kappa shape index (κ1) is 14.3. The minimum Gasteiger partial charge on any atom is -0.508 e. The number of hydrogen-bond acceptors (Lipinski definition) is 3. The Labute approximate surface area is 114 Å². The number of sulfonamides is 1. The van der Waals surface area contributed by atoms with Crippen molar-refractivity contribution in [2.75, 3.05) is 6.54 Å². The van der Waals surface area contributed by atoms with Gasteiger partial charge in [0.1, 0.15) is 5.75 Å². The fraction of sp³-hybridized carbons (Fsp3) is 0.571. The van der Waals surface area contributed by atoms with Crippen LogP contribution in [-0.4, -0.2) is 20.1 Å². The molecule has 2 N–H and O–H groups in total. The Bertz CT molecular complexity index is 507. The van der Waals surface area contributed by atoms with Crippen molar-refractivity contribution in [3.05, 3.63) is 24.3 Å². The van der Waals surface area contributed by atoms with Crippen LogP contribution in [0.2, 0.25) is 0 Å². The SMILES string of the molecule is O=S(=O)(NCCC1CCCCC1)c1cccc(O)c1. The van der Waals surface area contributed by atoms with Crippen LogP contribution in [0.15, 0.2) is 29.2 Å². The van der Waals surface area contributed by atoms with E-state index in [0.717, 1.165) is 6.42 Å². The third-order valence-electron chi connectivity index (χ3n) is 3.70. The fourth-order valence-electron chi connectivity index (χ4n) is 2.61. The van der Waals surface area contributed by atoms with Crippen molar-refractivity contribution in [3.63, 3.8) is 0 Å². The van der Waals surface area contributed by atoms with Gasteiger partial charge in [0.25, 0.3) is 0 Å². The Kier molecular flexibility index (Phi) is 4.82. The normalized spacial score (nSPS) is 17.5. The molecule has 1 aliphatic rings. The van der Waals surface area contributed by atoms with Crippen LogP contribution in [0.4, 0.5) is 0 Å². The Morgan fingerprint density at radius 2 is 1.95 bits per heavy atom. The highest BCUT2D eigenvalue weighted by Gasteiger charge is 2.17. The summed E-state index contributed by atoms with van der Waals surface area (Å²) < 4.78 is 26.6. The van der Waals surface area contributed by atoms with Crippen molar-refractivity contribution < 1.29 is 13.5 Å². The molecule has 1 fully saturated rings. The number of benzene rings is 1. The number of aromatic hydroxyl groups is 1. The van der Waals surface area contributed by atoms with Gasteiger partial charge in [-0.25, -0.2) is 13.1 Å². The van der Waals surface area contributed by atoms with Crippen molar-refractivity contribution in [2.24, 2.45) is 5.92 Å². The molecule has 0 aromatic heterocycles. The van der Waals surface area contributed by atoms with Gasteiger partial charge < -0.3 is 5.11 Å². The predicted octanol–water partition coefficient (Wildman–Crippen LogP) is 2.64. The van der Waals surface area contributed by atoms with Gasteiger partial charge in [0.15, 0.2) is 0 Å². The molecule has 0 aliphatic heterocycles. The van der Waals surface area contributed by atoms with Gasteiger partial charge in [-0.2, -0.15) is 0 Å². The smallest absolute Gasteiger partial charge is 0.240 e. The van der Waals surface area contributed by atoms with E-state index in [0.29, 0.717) is 12.5 Å². The van der Waals surface area contributed by atoms with Crippen LogP contribution in [0.3, 0.4) is 0 Å². The van der Waals surface area contributed by atoms with Crippen LogP contribution >= 0.6 is 0 Å². The molecule has 4 nitrogen and oxygen atoms in total. The Morgan fingerprint density at radius 1 is 1.21 bits per heavy atom. The Balaban J connectivity index is 1.87. The quantitative estimate of drug-likeness (QED) is 0.873. The molecule has 1 aromatic carbocycles. The molecule has 1 saturated carbocycles. The number of nitrogens with one attached hydrogen (secondary N) is 1. The largest absolute Gasteiger partial charge is 0.508 e. The van der Waals surface area contributed by atoms with Gasteiger partial charge in [-0.1, -0.05) is 38.2 Å². The average molecular weight is 283 g/mol. The number of phenols is 1. The molecule has 0 amide bonds. The first-order valence-electron chi connectivity index (χ1n) is 6.86. The van der Waals surface area contributed by atoms with E-state index >= 15 is 0 Å². The van der Waals surface area contributed by atoms with E-state index < -0.39 is 10.0 Å². The topological polar surface area (TPSA) is 66.4 Å². The van der Waals surface area contributed by atoms with Gasteiger partial charge in [0, 0.05) is 6.54 Å². The average Bonchev–Trinajstić information content (AvgIpc) is 2.40. The first-order chi connectivity index (χ1) is 9.08. The highest BCUT2D eigenvalue weighted by molar-refractivity contribution is 7.89. The molecule has 0 radical (unpaired) electrons. The molecule has 1 aromatic rings. The van der Waals surface area contributed by atoms with Gasteiger partial charge >= 0.3 is 0 Å². The van der Waals surface area contributed by atoms with E-state index in [2.05, 4.69) is 4.72 Å². The molecule has 0 saturated heterocycles. The maximum absolute atomic E-state index is 12.0. The maximum Gasteiger partial charge on any atom is 0.240 e. The van der Waals surface area contributed by atoms with Crippen molar-refractivity contribution in [2.45, 2.75) is 43.4 Å². The lowest BCUT2D eigenvalue weighted by atomic mass is 9.87. The summed E-state index contributed by atoms with van der Waals surface area (Å²) >= 11 is 0. The number of phenolic OH excluding ortho intramolecular Hbond substituents is 1. The second-order valence-electron chi connectivity index (χ2n) is 5.19. The van der Waals surface area contributed by atoms with Gasteiger partial charge in [-0.05, 0) is 30.5 Å². The van der Waals surface area contributed by atoms with Crippen LogP contribution in [-0.2, 0) is 10.0 Å². The van der Waals surface area contributed by atoms with Crippen LogP contribution in [0.1, 0.15) is 38.5 Å². The lowest BCUT2D eigenvalue weighted by Crippen LogP contribution is -2.26. The van der Waals surface area contributed by atoms with E-state index in [1.54, 1.807) is 0 Å². The second kappa shape index (κ2) is 6.39. The highest BCUT2D eigenvalue weighted by atomic mass is 32.2. The van der Waals surface area contributed by atoms with Gasteiger partial charge in [0.2, 0.25) is 10.0 Å². The summed E-state index contributed by atoms with van der Waals surface area (Å²) in [5.41, 5.74) is 0. The molecule has 0 spiro atoms. The highest BCUT2D eigenvalue weighted by Crippen LogP contribution is 2.26. The summed E-state index contributed by atoms with van der Waals surface area (Å²) in [6.07, 6.45) is 7.18. The summed E-state index contributed by atoms with van der Waals surface area (Å²) in [6, 6.07) is 5.75. The van der Waals surface area contributed by atoms with Crippen LogP contribution < -0.4 is 4.72 Å². The van der Waals surface area contributed by atoms with Gasteiger partial charge in [-0.3, -0.25) is 0 Å². The summed E-state index contributed by atoms with van der Waals surface area (Å²) in [7, 11) is -3.49. The minimum absolute atomic E-state index is 0.0323. The van der Waals surface area contributed by atoms with Crippen LogP contribution in [0, 0.1) is 5.92 Å². The number of rotatable bonds is 5. The zero-order valence-electron chi connectivity index (χ0n) is 11.0. The number of hydrogen-bond donors (Lipinski definition) is 2. The van der Waals surface area contributed by atoms with Crippen LogP contribution in [0.25, 0.3) is 0 Å². The molecule has 106 valence electrons. The third-order valence-corrected chi connectivity index (χ3v) is 5.16. The summed E-state index contributed by atoms with van der Waals surface area (Å²) in [5, 5.41) is 9.31. The van der Waals surface area contributed by atoms with Crippen molar-refractivity contribution in [1.82, 2.24) is 4.72 Å². The van der Waals surface area contributed by atoms with E-state index in [1.165, 1.54) is 56.4 Å². The van der Waals surface area contributed by atoms with Crippen molar-refractivity contribution in [3.8, 4) is 5.75 Å². The molecule has 0 unspecified atom stereocenters. The Morgan fingerprint density at radius 3 is 2.63 bits per heavy atom. The zero-order valence-corrected chi connectivity index (χ0v) is 11.8. The molecule has 0 heterocycles. The van der Waals surface area contributed by atoms with Crippen molar-refractivity contribution in [1.29, 1.82) is 0 Å². The molecule has 5 heteroatoms. The molecule has 0 atom stereocenters. The van der Waals surface area contributed by atoms with E-state index in [9.17, 15) is 13.5 Å². The standard InChI is InChI=1S/C14H21NO3S/c16-13-7-4-8-14(11-13)19(17,18)15-10-9-12-5-2-1-3-6-12/h4,7-8,11-12,15-16H,1-3,5-6,9-10H2. The first-order valence-corrected chi connectivity index (χ1v) is 8.35. The molecule has 2 rings (SSSR count). The maximum atomic E-state index is 12.0. The van der Waals surface area contributed by atoms with Crippen molar-refractivity contribution >= 4 is 10.0 Å². The summed E-state index contributed by atoms with van der Waals surface area (Å²) in [6.45, 7) is 0.475. The van der Waals surface area contributed by atoms with Gasteiger partial charge in [0.05, 0.1) is 4.90 Å². The summed E-state index contributed by atoms with van der Waals surface area (Å²) in [4.78, 5) is 0.121. The van der Waals surface area contributed by atoms with Gasteiger partial charge in [-0.15, -0.1) is 0 Å². The lowest BCUT2D eigenvalue weighted by molar-refractivity contribution is 0.339. The van der Waals surface area contributed by atoms with Crippen LogP contribution in [0.5, 0.6) is 5.75 Å². The molecular formula is C14H21NO3S. The zero-order chi connectivity index (χ0) is 13.7. The fourth-order valence-corrected chi connectivity index (χ4v) is 3.69. The molecule has 19 heavy (non-hydrogen) atoms. The van der Waals surface area contributed by atoms with E-state index in [1.807, 2.05) is 0 Å². The molecule has 0 bridgehead atoms. The molecule has 1 aliphatic carbocycles. The second-order valence-corrected chi connectivity index (χ2v) is 6.95. The predicted molar refractivity (Wildman–Crippen MR) is 74.5 cm³/mol. The lowest BCUT2D eigenvalue weighted by Gasteiger charge is -2.21. The summed E-state index contributed by atoms with van der Waals surface area (Å²) in [5.74, 6) is 0.621. The van der Waals surface area contributed by atoms with E-state index in [4.69, 9.17) is 0 Å². The monoisotopic (exact) mass is 283 g/mol. The molecular weight excluding hydrogens is 262 g/mol. The minimum atomic E-state index is -3.49. The van der Waals surface area contributed by atoms with E-state index in [-0.39, 0.29) is 10.6 Å².